The lowest BCUT2D eigenvalue weighted by atomic mass is 10.0. The van der Waals surface area contributed by atoms with Crippen LogP contribution in [0.4, 0.5) is 0 Å². The first-order chi connectivity index (χ1) is 9.25. The van der Waals surface area contributed by atoms with Gasteiger partial charge in [-0.05, 0) is 43.0 Å². The number of para-hydroxylation sites is 1. The SMILES string of the molecule is Cc1[nH]ccc2c(C)c3nc4ccccc4c3cc12. The molecule has 1 N–H and O–H groups in total. The fourth-order valence-corrected chi connectivity index (χ4v) is 2.94. The molecule has 0 unspecified atom stereocenters. The monoisotopic (exact) mass is 246 g/mol. The van der Waals surface area contributed by atoms with E-state index < -0.39 is 0 Å². The van der Waals surface area contributed by atoms with E-state index >= 15 is 0 Å². The molecule has 0 saturated carbocycles. The summed E-state index contributed by atoms with van der Waals surface area (Å²) in [5.41, 5.74) is 4.67. The van der Waals surface area contributed by atoms with Gasteiger partial charge in [0.15, 0.2) is 0 Å². The van der Waals surface area contributed by atoms with Gasteiger partial charge in [-0.3, -0.25) is 0 Å². The Kier molecular flexibility index (Phi) is 1.99. The third-order valence-electron chi connectivity index (χ3n) is 3.97. The lowest BCUT2D eigenvalue weighted by molar-refractivity contribution is 1.23. The van der Waals surface area contributed by atoms with Gasteiger partial charge in [0.25, 0.3) is 0 Å². The highest BCUT2D eigenvalue weighted by Crippen LogP contribution is 2.33. The van der Waals surface area contributed by atoms with Gasteiger partial charge in [-0.2, -0.15) is 0 Å². The highest BCUT2D eigenvalue weighted by Gasteiger charge is 2.11. The summed E-state index contributed by atoms with van der Waals surface area (Å²) in [6.07, 6.45) is 2.00. The Morgan fingerprint density at radius 3 is 2.63 bits per heavy atom. The van der Waals surface area contributed by atoms with Crippen LogP contribution < -0.4 is 0 Å². The molecule has 0 spiro atoms. The van der Waals surface area contributed by atoms with Crippen molar-refractivity contribution in [2.24, 2.45) is 0 Å². The van der Waals surface area contributed by atoms with Crippen LogP contribution >= 0.6 is 0 Å². The molecule has 0 atom stereocenters. The van der Waals surface area contributed by atoms with Gasteiger partial charge in [0, 0.05) is 28.0 Å². The molecule has 0 aliphatic rings. The zero-order valence-corrected chi connectivity index (χ0v) is 11.0. The summed E-state index contributed by atoms with van der Waals surface area (Å²) in [5.74, 6) is 0. The molecule has 2 heteroatoms. The standard InChI is InChI=1S/C17H14N2/c1-10-12-7-8-18-11(2)14(12)9-15-13-5-3-4-6-16(13)19-17(10)15/h3-9,18H,1-2H3. The van der Waals surface area contributed by atoms with Gasteiger partial charge in [0.05, 0.1) is 11.0 Å². The Balaban J connectivity index is 2.34. The number of nitrogens with one attached hydrogen (secondary N) is 1. The molecule has 0 aliphatic carbocycles. The van der Waals surface area contributed by atoms with Crippen LogP contribution in [0.3, 0.4) is 0 Å². The quantitative estimate of drug-likeness (QED) is 0.486. The van der Waals surface area contributed by atoms with Crippen molar-refractivity contribution in [2.45, 2.75) is 13.8 Å². The average Bonchev–Trinajstić information content (AvgIpc) is 2.80. The predicted molar refractivity (Wildman–Crippen MR) is 80.6 cm³/mol. The fourth-order valence-electron chi connectivity index (χ4n) is 2.94. The van der Waals surface area contributed by atoms with Crippen molar-refractivity contribution in [1.82, 2.24) is 9.97 Å². The number of aryl methyl sites for hydroxylation is 2. The first kappa shape index (κ1) is 10.6. The number of aromatic nitrogens is 2. The molecule has 0 radical (unpaired) electrons. The van der Waals surface area contributed by atoms with E-state index in [9.17, 15) is 0 Å². The largest absolute Gasteiger partial charge is 0.365 e. The molecular formula is C17H14N2. The molecular weight excluding hydrogens is 232 g/mol. The second kappa shape index (κ2) is 3.58. The van der Waals surface area contributed by atoms with E-state index in [0.717, 1.165) is 11.0 Å². The summed E-state index contributed by atoms with van der Waals surface area (Å²) in [5, 5.41) is 5.06. The van der Waals surface area contributed by atoms with Gasteiger partial charge in [0.2, 0.25) is 0 Å². The second-order valence-corrected chi connectivity index (χ2v) is 5.09. The van der Waals surface area contributed by atoms with Crippen molar-refractivity contribution < 1.29 is 0 Å². The molecule has 92 valence electrons. The van der Waals surface area contributed by atoms with E-state index in [0.29, 0.717) is 0 Å². The van der Waals surface area contributed by atoms with E-state index in [1.54, 1.807) is 0 Å². The lowest BCUT2D eigenvalue weighted by Gasteiger charge is -2.06. The van der Waals surface area contributed by atoms with Gasteiger partial charge in [0.1, 0.15) is 0 Å². The number of benzene rings is 2. The summed E-state index contributed by atoms with van der Waals surface area (Å²) in [7, 11) is 0. The van der Waals surface area contributed by atoms with Crippen LogP contribution in [-0.2, 0) is 0 Å². The smallest absolute Gasteiger partial charge is 0.0751 e. The zero-order valence-electron chi connectivity index (χ0n) is 11.0. The maximum absolute atomic E-state index is 4.78. The van der Waals surface area contributed by atoms with Crippen LogP contribution in [0, 0.1) is 13.8 Å². The summed E-state index contributed by atoms with van der Waals surface area (Å²) in [6.45, 7) is 4.28. The summed E-state index contributed by atoms with van der Waals surface area (Å²) < 4.78 is 0. The average molecular weight is 246 g/mol. The van der Waals surface area contributed by atoms with Crippen LogP contribution in [0.1, 0.15) is 11.3 Å². The topological polar surface area (TPSA) is 28.7 Å². The highest BCUT2D eigenvalue weighted by molar-refractivity contribution is 6.14. The number of pyridine rings is 1. The molecule has 0 fully saturated rings. The summed E-state index contributed by atoms with van der Waals surface area (Å²) >= 11 is 0. The van der Waals surface area contributed by atoms with Gasteiger partial charge >= 0.3 is 0 Å². The maximum atomic E-state index is 4.78. The molecule has 0 saturated heterocycles. The molecule has 0 bridgehead atoms. The van der Waals surface area contributed by atoms with Crippen molar-refractivity contribution in [3.05, 3.63) is 53.9 Å². The zero-order chi connectivity index (χ0) is 13.0. The minimum absolute atomic E-state index is 1.08. The third kappa shape index (κ3) is 1.34. The van der Waals surface area contributed by atoms with Crippen LogP contribution in [-0.4, -0.2) is 9.97 Å². The number of hydrogen-bond acceptors (Lipinski definition) is 1. The Morgan fingerprint density at radius 2 is 1.74 bits per heavy atom. The normalized spacial score (nSPS) is 11.7. The minimum atomic E-state index is 1.08. The number of hydrogen-bond donors (Lipinski definition) is 1. The Morgan fingerprint density at radius 1 is 0.895 bits per heavy atom. The van der Waals surface area contributed by atoms with E-state index in [1.807, 2.05) is 12.3 Å². The fraction of sp³-hybridized carbons (Fsp3) is 0.118. The number of H-pyrrole nitrogens is 1. The molecule has 0 amide bonds. The molecule has 0 aliphatic heterocycles. The third-order valence-corrected chi connectivity index (χ3v) is 3.97. The molecule has 2 aromatic heterocycles. The maximum Gasteiger partial charge on any atom is 0.0751 e. The Bertz CT molecular complexity index is 932. The molecule has 2 aromatic carbocycles. The first-order valence-corrected chi connectivity index (χ1v) is 6.51. The van der Waals surface area contributed by atoms with Crippen molar-refractivity contribution in [1.29, 1.82) is 0 Å². The van der Waals surface area contributed by atoms with E-state index in [-0.39, 0.29) is 0 Å². The van der Waals surface area contributed by atoms with Gasteiger partial charge < -0.3 is 4.98 Å². The van der Waals surface area contributed by atoms with Crippen LogP contribution in [0.25, 0.3) is 32.6 Å². The van der Waals surface area contributed by atoms with Gasteiger partial charge in [-0.25, -0.2) is 4.98 Å². The van der Waals surface area contributed by atoms with Crippen molar-refractivity contribution in [2.75, 3.05) is 0 Å². The summed E-state index contributed by atoms with van der Waals surface area (Å²) in [4.78, 5) is 8.07. The number of fused-ring (bicyclic) bond motifs is 4. The molecule has 2 nitrogen and oxygen atoms in total. The van der Waals surface area contributed by atoms with Crippen LogP contribution in [0.15, 0.2) is 42.6 Å². The molecule has 4 aromatic rings. The Hall–Kier alpha value is -2.35. The minimum Gasteiger partial charge on any atom is -0.365 e. The highest BCUT2D eigenvalue weighted by atomic mass is 14.7. The Labute approximate surface area is 111 Å². The number of aromatic amines is 1. The van der Waals surface area contributed by atoms with Crippen LogP contribution in [0.5, 0.6) is 0 Å². The second-order valence-electron chi connectivity index (χ2n) is 5.09. The van der Waals surface area contributed by atoms with Crippen molar-refractivity contribution in [3.8, 4) is 0 Å². The van der Waals surface area contributed by atoms with E-state index in [4.69, 9.17) is 4.98 Å². The van der Waals surface area contributed by atoms with Crippen molar-refractivity contribution >= 4 is 32.6 Å². The number of rotatable bonds is 0. The molecule has 2 heterocycles. The van der Waals surface area contributed by atoms with Crippen molar-refractivity contribution in [3.63, 3.8) is 0 Å². The van der Waals surface area contributed by atoms with E-state index in [2.05, 4.69) is 49.2 Å². The lowest BCUT2D eigenvalue weighted by Crippen LogP contribution is -1.87. The first-order valence-electron chi connectivity index (χ1n) is 6.51. The van der Waals surface area contributed by atoms with Gasteiger partial charge in [-0.1, -0.05) is 18.2 Å². The van der Waals surface area contributed by atoms with Crippen LogP contribution in [0.2, 0.25) is 0 Å². The predicted octanol–water partition coefficient (Wildman–Crippen LogP) is 4.49. The molecule has 19 heavy (non-hydrogen) atoms. The number of nitrogens with zero attached hydrogens (tertiary/aromatic N) is 1. The molecule has 4 rings (SSSR count). The summed E-state index contributed by atoms with van der Waals surface area (Å²) in [6, 6.07) is 12.8. The van der Waals surface area contributed by atoms with Gasteiger partial charge in [-0.15, -0.1) is 0 Å². The van der Waals surface area contributed by atoms with E-state index in [1.165, 1.54) is 32.8 Å².